The zero-order valence-corrected chi connectivity index (χ0v) is 11.6. The van der Waals surface area contributed by atoms with Crippen LogP contribution in [0.4, 0.5) is 5.69 Å². The highest BCUT2D eigenvalue weighted by atomic mass is 16.2. The molecule has 1 aromatic rings. The number of hydrogen-bond acceptors (Lipinski definition) is 2. The number of aryl methyl sites for hydroxylation is 1. The quantitative estimate of drug-likeness (QED) is 0.794. The summed E-state index contributed by atoms with van der Waals surface area (Å²) in [7, 11) is 1.86. The number of amides is 1. The zero-order chi connectivity index (χ0) is 13.2. The fourth-order valence-corrected chi connectivity index (χ4v) is 2.73. The third kappa shape index (κ3) is 2.98. The van der Waals surface area contributed by atoms with Gasteiger partial charge in [-0.25, -0.2) is 0 Å². The first kappa shape index (κ1) is 12.7. The summed E-state index contributed by atoms with van der Waals surface area (Å²) < 4.78 is 0. The summed E-state index contributed by atoms with van der Waals surface area (Å²) in [6.45, 7) is 1.15. The molecule has 2 aliphatic rings. The van der Waals surface area contributed by atoms with Crippen LogP contribution in [0.3, 0.4) is 0 Å². The van der Waals surface area contributed by atoms with Crippen LogP contribution < -0.4 is 10.2 Å². The lowest BCUT2D eigenvalue weighted by molar-refractivity contribution is -0.117. The highest BCUT2D eigenvalue weighted by molar-refractivity contribution is 6.00. The lowest BCUT2D eigenvalue weighted by Gasteiger charge is -2.10. The number of rotatable bonds is 6. The van der Waals surface area contributed by atoms with Crippen LogP contribution in [0.25, 0.3) is 0 Å². The van der Waals surface area contributed by atoms with Gasteiger partial charge in [-0.1, -0.05) is 12.1 Å². The summed E-state index contributed by atoms with van der Waals surface area (Å²) in [4.78, 5) is 13.4. The Hall–Kier alpha value is -1.35. The summed E-state index contributed by atoms with van der Waals surface area (Å²) >= 11 is 0. The molecule has 102 valence electrons. The number of carbonyl (C=O) groups is 1. The summed E-state index contributed by atoms with van der Waals surface area (Å²) in [5.41, 5.74) is 3.65. The summed E-state index contributed by atoms with van der Waals surface area (Å²) in [5, 5.41) is 3.54. The second kappa shape index (κ2) is 5.33. The molecule has 0 atom stereocenters. The molecule has 3 nitrogen and oxygen atoms in total. The predicted octanol–water partition coefficient (Wildman–Crippen LogP) is 2.28. The Morgan fingerprint density at radius 3 is 2.95 bits per heavy atom. The molecule has 1 saturated carbocycles. The third-order valence-electron chi connectivity index (χ3n) is 4.12. The van der Waals surface area contributed by atoms with Gasteiger partial charge >= 0.3 is 0 Å². The molecule has 3 rings (SSSR count). The topological polar surface area (TPSA) is 32.3 Å². The summed E-state index contributed by atoms with van der Waals surface area (Å²) in [5.74, 6) is 0.209. The Labute approximate surface area is 115 Å². The van der Waals surface area contributed by atoms with Crippen LogP contribution in [0.15, 0.2) is 18.2 Å². The van der Waals surface area contributed by atoms with E-state index in [0.29, 0.717) is 6.42 Å². The molecule has 0 bridgehead atoms. The minimum atomic E-state index is 0.209. The van der Waals surface area contributed by atoms with Crippen molar-refractivity contribution >= 4 is 11.6 Å². The van der Waals surface area contributed by atoms with Crippen molar-refractivity contribution in [1.82, 2.24) is 5.32 Å². The molecule has 0 radical (unpaired) electrons. The Morgan fingerprint density at radius 1 is 1.32 bits per heavy atom. The number of nitrogens with one attached hydrogen (secondary N) is 1. The number of nitrogens with zero attached hydrogens (tertiary/aromatic N) is 1. The maximum Gasteiger partial charge on any atom is 0.231 e. The molecule has 1 amide bonds. The molecule has 1 heterocycles. The van der Waals surface area contributed by atoms with Crippen molar-refractivity contribution in [2.75, 3.05) is 18.5 Å². The number of carbonyl (C=O) groups excluding carboxylic acids is 1. The van der Waals surface area contributed by atoms with Crippen LogP contribution in [0.5, 0.6) is 0 Å². The Morgan fingerprint density at radius 2 is 2.16 bits per heavy atom. The van der Waals surface area contributed by atoms with Crippen molar-refractivity contribution in [1.29, 1.82) is 0 Å². The maximum atomic E-state index is 11.6. The standard InChI is InChI=1S/C16H22N2O/c1-18-15-8-5-12(10-13(15)11-16(18)19)4-2-3-9-17-14-6-7-14/h5,8,10,14,17H,2-4,6-7,9,11H2,1H3. The van der Waals surface area contributed by atoms with E-state index in [1.807, 2.05) is 7.05 Å². The maximum absolute atomic E-state index is 11.6. The van der Waals surface area contributed by atoms with Gasteiger partial charge in [0.05, 0.1) is 6.42 Å². The van der Waals surface area contributed by atoms with Gasteiger partial charge in [-0.15, -0.1) is 0 Å². The molecule has 0 aromatic heterocycles. The summed E-state index contributed by atoms with van der Waals surface area (Å²) in [6, 6.07) is 7.30. The smallest absolute Gasteiger partial charge is 0.231 e. The molecule has 1 aliphatic carbocycles. The molecule has 19 heavy (non-hydrogen) atoms. The molecule has 0 spiro atoms. The molecular weight excluding hydrogens is 236 g/mol. The van der Waals surface area contributed by atoms with Crippen molar-refractivity contribution in [2.24, 2.45) is 0 Å². The van der Waals surface area contributed by atoms with Gasteiger partial charge in [-0.05, 0) is 55.8 Å². The van der Waals surface area contributed by atoms with Crippen molar-refractivity contribution in [3.05, 3.63) is 29.3 Å². The first-order valence-corrected chi connectivity index (χ1v) is 7.36. The number of likely N-dealkylation sites (N-methyl/N-ethyl adjacent to an activating group) is 1. The Bertz CT molecular complexity index is 480. The highest BCUT2D eigenvalue weighted by Gasteiger charge is 2.23. The monoisotopic (exact) mass is 258 g/mol. The average molecular weight is 258 g/mol. The van der Waals surface area contributed by atoms with Crippen LogP contribution in [0, 0.1) is 0 Å². The van der Waals surface area contributed by atoms with E-state index in [-0.39, 0.29) is 5.91 Å². The average Bonchev–Trinajstić information content (AvgIpc) is 3.17. The molecule has 1 N–H and O–H groups in total. The van der Waals surface area contributed by atoms with Crippen LogP contribution in [0.1, 0.15) is 36.8 Å². The van der Waals surface area contributed by atoms with E-state index in [4.69, 9.17) is 0 Å². The van der Waals surface area contributed by atoms with Gasteiger partial charge in [-0.3, -0.25) is 4.79 Å². The number of fused-ring (bicyclic) bond motifs is 1. The van der Waals surface area contributed by atoms with Crippen LogP contribution in [0.2, 0.25) is 0 Å². The van der Waals surface area contributed by atoms with Gasteiger partial charge in [0.15, 0.2) is 0 Å². The van der Waals surface area contributed by atoms with E-state index in [0.717, 1.165) is 24.7 Å². The molecule has 0 unspecified atom stereocenters. The van der Waals surface area contributed by atoms with Crippen LogP contribution >= 0.6 is 0 Å². The summed E-state index contributed by atoms with van der Waals surface area (Å²) in [6.07, 6.45) is 6.90. The second-order valence-electron chi connectivity index (χ2n) is 5.78. The van der Waals surface area contributed by atoms with Crippen molar-refractivity contribution in [3.63, 3.8) is 0 Å². The first-order chi connectivity index (χ1) is 9.24. The van der Waals surface area contributed by atoms with Crippen molar-refractivity contribution in [3.8, 4) is 0 Å². The number of hydrogen-bond donors (Lipinski definition) is 1. The van der Waals surface area contributed by atoms with E-state index >= 15 is 0 Å². The largest absolute Gasteiger partial charge is 0.315 e. The lowest BCUT2D eigenvalue weighted by atomic mass is 10.0. The molecule has 3 heteroatoms. The van der Waals surface area contributed by atoms with E-state index < -0.39 is 0 Å². The number of anilines is 1. The van der Waals surface area contributed by atoms with E-state index in [1.54, 1.807) is 4.90 Å². The van der Waals surface area contributed by atoms with E-state index in [9.17, 15) is 4.79 Å². The normalized spacial score (nSPS) is 17.9. The second-order valence-corrected chi connectivity index (χ2v) is 5.78. The molecule has 0 saturated heterocycles. The van der Waals surface area contributed by atoms with Gasteiger partial charge in [-0.2, -0.15) is 0 Å². The number of benzene rings is 1. The SMILES string of the molecule is CN1C(=O)Cc2cc(CCCCNC3CC3)ccc21. The van der Waals surface area contributed by atoms with E-state index in [1.165, 1.54) is 36.8 Å². The van der Waals surface area contributed by atoms with Crippen LogP contribution in [-0.4, -0.2) is 25.5 Å². The minimum Gasteiger partial charge on any atom is -0.315 e. The van der Waals surface area contributed by atoms with Crippen molar-refractivity contribution in [2.45, 2.75) is 44.6 Å². The fourth-order valence-electron chi connectivity index (χ4n) is 2.73. The molecule has 1 aliphatic heterocycles. The predicted molar refractivity (Wildman–Crippen MR) is 77.5 cm³/mol. The van der Waals surface area contributed by atoms with E-state index in [2.05, 4.69) is 23.5 Å². The molecular formula is C16H22N2O. The van der Waals surface area contributed by atoms with Gasteiger partial charge in [0.1, 0.15) is 0 Å². The lowest BCUT2D eigenvalue weighted by Crippen LogP contribution is -2.20. The molecule has 1 aromatic carbocycles. The van der Waals surface area contributed by atoms with Crippen molar-refractivity contribution < 1.29 is 4.79 Å². The Balaban J connectivity index is 1.49. The van der Waals surface area contributed by atoms with Crippen LogP contribution in [-0.2, 0) is 17.6 Å². The fraction of sp³-hybridized carbons (Fsp3) is 0.562. The first-order valence-electron chi connectivity index (χ1n) is 7.36. The highest BCUT2D eigenvalue weighted by Crippen LogP contribution is 2.28. The molecule has 1 fully saturated rings. The third-order valence-corrected chi connectivity index (χ3v) is 4.12. The number of unbranched alkanes of at least 4 members (excludes halogenated alkanes) is 1. The minimum absolute atomic E-state index is 0.209. The van der Waals surface area contributed by atoms with Gasteiger partial charge in [0, 0.05) is 18.8 Å². The van der Waals surface area contributed by atoms with Gasteiger partial charge in [0.25, 0.3) is 0 Å². The van der Waals surface area contributed by atoms with Gasteiger partial charge in [0.2, 0.25) is 5.91 Å². The zero-order valence-electron chi connectivity index (χ0n) is 11.6. The Kier molecular flexibility index (Phi) is 3.56. The van der Waals surface area contributed by atoms with Gasteiger partial charge < -0.3 is 10.2 Å².